The molecule has 2 heteroatoms. The van der Waals surface area contributed by atoms with Crippen molar-refractivity contribution in [2.24, 2.45) is 10.7 Å². The Morgan fingerprint density at radius 2 is 1.64 bits per heavy atom. The van der Waals surface area contributed by atoms with Gasteiger partial charge in [-0.1, -0.05) is 12.2 Å². The Kier molecular flexibility index (Phi) is 3.58. The lowest BCUT2D eigenvalue weighted by molar-refractivity contribution is 1.18. The highest BCUT2D eigenvalue weighted by molar-refractivity contribution is 5.97. The lowest BCUT2D eigenvalue weighted by atomic mass is 10.2. The second kappa shape index (κ2) is 3.96. The number of hydrogen-bond acceptors (Lipinski definition) is 2. The first-order valence-electron chi connectivity index (χ1n) is 3.59. The van der Waals surface area contributed by atoms with E-state index in [0.717, 1.165) is 11.4 Å². The van der Waals surface area contributed by atoms with Crippen molar-refractivity contribution in [1.29, 1.82) is 0 Å². The second-order valence-electron chi connectivity index (χ2n) is 2.81. The Balaban J connectivity index is 4.58. The number of nitrogens with two attached hydrogens (primary N) is 1. The van der Waals surface area contributed by atoms with Gasteiger partial charge < -0.3 is 5.73 Å². The third-order valence-electron chi connectivity index (χ3n) is 1.52. The Hall–Kier alpha value is -1.05. The molecule has 0 aromatic carbocycles. The lowest BCUT2D eigenvalue weighted by Gasteiger charge is -2.00. The first-order valence-corrected chi connectivity index (χ1v) is 3.59. The third-order valence-corrected chi connectivity index (χ3v) is 1.52. The van der Waals surface area contributed by atoms with Crippen LogP contribution in [0.4, 0.5) is 0 Å². The average molecular weight is 152 g/mol. The van der Waals surface area contributed by atoms with Crippen LogP contribution < -0.4 is 5.73 Å². The van der Waals surface area contributed by atoms with Crippen molar-refractivity contribution in [2.75, 3.05) is 0 Å². The van der Waals surface area contributed by atoms with Gasteiger partial charge in [-0.15, -0.1) is 0 Å². The van der Waals surface area contributed by atoms with E-state index in [1.54, 1.807) is 0 Å². The first-order chi connectivity index (χ1) is 4.95. The Morgan fingerprint density at radius 1 is 1.18 bits per heavy atom. The van der Waals surface area contributed by atoms with Crippen molar-refractivity contribution in [3.05, 3.63) is 23.5 Å². The zero-order valence-electron chi connectivity index (χ0n) is 7.73. The van der Waals surface area contributed by atoms with Crippen LogP contribution in [0.15, 0.2) is 28.5 Å². The van der Waals surface area contributed by atoms with Crippen LogP contribution in [0.2, 0.25) is 0 Å². The standard InChI is InChI=1S/C9H16N2/c1-6(2)8(4)11-9(5)7(3)10/h3,10H2,1-2,4-5H3. The third kappa shape index (κ3) is 3.61. The molecule has 0 aromatic heterocycles. The topological polar surface area (TPSA) is 38.4 Å². The van der Waals surface area contributed by atoms with Crippen molar-refractivity contribution < 1.29 is 0 Å². The van der Waals surface area contributed by atoms with Crippen LogP contribution in [-0.2, 0) is 0 Å². The van der Waals surface area contributed by atoms with Gasteiger partial charge in [-0.3, -0.25) is 4.99 Å². The predicted octanol–water partition coefficient (Wildman–Crippen LogP) is 2.23. The summed E-state index contributed by atoms with van der Waals surface area (Å²) in [4.78, 5) is 4.25. The van der Waals surface area contributed by atoms with Crippen LogP contribution in [0.3, 0.4) is 0 Å². The summed E-state index contributed by atoms with van der Waals surface area (Å²) in [6.07, 6.45) is 0. The summed E-state index contributed by atoms with van der Waals surface area (Å²) in [7, 11) is 0. The summed E-state index contributed by atoms with van der Waals surface area (Å²) in [6, 6.07) is 0. The van der Waals surface area contributed by atoms with Gasteiger partial charge in [0.05, 0.1) is 5.71 Å². The minimum Gasteiger partial charge on any atom is -0.398 e. The fraction of sp³-hybridized carbons (Fsp3) is 0.444. The SMILES string of the molecule is C=C(N)C(C)=NC(C)=C(C)C. The molecule has 0 spiro atoms. The van der Waals surface area contributed by atoms with Crippen molar-refractivity contribution in [1.82, 2.24) is 0 Å². The van der Waals surface area contributed by atoms with E-state index in [1.807, 2.05) is 27.7 Å². The van der Waals surface area contributed by atoms with Crippen LogP contribution in [0.1, 0.15) is 27.7 Å². The molecule has 0 saturated carbocycles. The summed E-state index contributed by atoms with van der Waals surface area (Å²) >= 11 is 0. The van der Waals surface area contributed by atoms with E-state index < -0.39 is 0 Å². The molecule has 0 aromatic rings. The maximum absolute atomic E-state index is 5.44. The molecular formula is C9H16N2. The van der Waals surface area contributed by atoms with Gasteiger partial charge >= 0.3 is 0 Å². The van der Waals surface area contributed by atoms with Crippen molar-refractivity contribution in [3.63, 3.8) is 0 Å². The second-order valence-corrected chi connectivity index (χ2v) is 2.81. The van der Waals surface area contributed by atoms with Crippen LogP contribution in [0.25, 0.3) is 0 Å². The number of rotatable bonds is 2. The molecule has 0 rings (SSSR count). The van der Waals surface area contributed by atoms with E-state index in [-0.39, 0.29) is 0 Å². The molecule has 0 fully saturated rings. The van der Waals surface area contributed by atoms with Gasteiger partial charge in [0, 0.05) is 11.4 Å². The fourth-order valence-corrected chi connectivity index (χ4v) is 0.435. The van der Waals surface area contributed by atoms with E-state index in [0.29, 0.717) is 5.70 Å². The molecule has 0 aliphatic heterocycles. The van der Waals surface area contributed by atoms with Gasteiger partial charge in [-0.2, -0.15) is 0 Å². The highest BCUT2D eigenvalue weighted by atomic mass is 14.8. The van der Waals surface area contributed by atoms with Gasteiger partial charge in [0.25, 0.3) is 0 Å². The van der Waals surface area contributed by atoms with Crippen molar-refractivity contribution >= 4 is 5.71 Å². The molecular weight excluding hydrogens is 136 g/mol. The van der Waals surface area contributed by atoms with Crippen LogP contribution in [0.5, 0.6) is 0 Å². The van der Waals surface area contributed by atoms with E-state index >= 15 is 0 Å². The molecule has 0 heterocycles. The van der Waals surface area contributed by atoms with Gasteiger partial charge in [0.1, 0.15) is 0 Å². The molecule has 62 valence electrons. The summed E-state index contributed by atoms with van der Waals surface area (Å²) in [5, 5.41) is 0. The number of aliphatic imine (C=N–C) groups is 1. The van der Waals surface area contributed by atoms with Crippen LogP contribution >= 0.6 is 0 Å². The quantitative estimate of drug-likeness (QED) is 0.605. The van der Waals surface area contributed by atoms with E-state index in [2.05, 4.69) is 11.6 Å². The largest absolute Gasteiger partial charge is 0.398 e. The maximum Gasteiger partial charge on any atom is 0.0598 e. The zero-order valence-corrected chi connectivity index (χ0v) is 7.73. The van der Waals surface area contributed by atoms with E-state index in [4.69, 9.17) is 5.73 Å². The summed E-state index contributed by atoms with van der Waals surface area (Å²) in [6.45, 7) is 11.4. The monoisotopic (exact) mass is 152 g/mol. The van der Waals surface area contributed by atoms with Crippen molar-refractivity contribution in [2.45, 2.75) is 27.7 Å². The fourth-order valence-electron chi connectivity index (χ4n) is 0.435. The number of nitrogens with zero attached hydrogens (tertiary/aromatic N) is 1. The molecule has 0 bridgehead atoms. The molecule has 0 radical (unpaired) electrons. The smallest absolute Gasteiger partial charge is 0.0598 e. The summed E-state index contributed by atoms with van der Waals surface area (Å²) < 4.78 is 0. The zero-order chi connectivity index (χ0) is 9.02. The number of hydrogen-bond donors (Lipinski definition) is 1. The first kappa shape index (κ1) is 9.95. The summed E-state index contributed by atoms with van der Waals surface area (Å²) in [5.41, 5.74) is 8.97. The minimum absolute atomic E-state index is 0.533. The molecule has 0 atom stereocenters. The molecule has 0 unspecified atom stereocenters. The molecule has 11 heavy (non-hydrogen) atoms. The van der Waals surface area contributed by atoms with Gasteiger partial charge in [0.15, 0.2) is 0 Å². The lowest BCUT2D eigenvalue weighted by Crippen LogP contribution is -2.05. The Morgan fingerprint density at radius 3 is 1.91 bits per heavy atom. The Bertz CT molecular complexity index is 218. The van der Waals surface area contributed by atoms with Crippen LogP contribution in [0, 0.1) is 0 Å². The van der Waals surface area contributed by atoms with Crippen molar-refractivity contribution in [3.8, 4) is 0 Å². The Labute approximate surface area is 68.5 Å². The van der Waals surface area contributed by atoms with Gasteiger partial charge in [0.2, 0.25) is 0 Å². The molecule has 0 saturated heterocycles. The van der Waals surface area contributed by atoms with Crippen LogP contribution in [-0.4, -0.2) is 5.71 Å². The molecule has 2 N–H and O–H groups in total. The highest BCUT2D eigenvalue weighted by Gasteiger charge is 1.93. The average Bonchev–Trinajstić information content (AvgIpc) is 1.87. The normalized spacial score (nSPS) is 11.1. The van der Waals surface area contributed by atoms with E-state index in [9.17, 15) is 0 Å². The minimum atomic E-state index is 0.533. The molecule has 2 nitrogen and oxygen atoms in total. The molecule has 0 amide bonds. The molecule has 0 aliphatic rings. The summed E-state index contributed by atoms with van der Waals surface area (Å²) in [5.74, 6) is 0. The van der Waals surface area contributed by atoms with Gasteiger partial charge in [-0.25, -0.2) is 0 Å². The maximum atomic E-state index is 5.44. The van der Waals surface area contributed by atoms with Gasteiger partial charge in [-0.05, 0) is 27.7 Å². The number of allylic oxidation sites excluding steroid dienone is 3. The highest BCUT2D eigenvalue weighted by Crippen LogP contribution is 2.04. The predicted molar refractivity (Wildman–Crippen MR) is 50.5 cm³/mol. The molecule has 0 aliphatic carbocycles. The van der Waals surface area contributed by atoms with E-state index in [1.165, 1.54) is 5.57 Å².